The molecule has 0 saturated carbocycles. The lowest BCUT2D eigenvalue weighted by molar-refractivity contribution is 0.249. The van der Waals surface area contributed by atoms with E-state index >= 15 is 0 Å². The van der Waals surface area contributed by atoms with E-state index < -0.39 is 0 Å². The maximum Gasteiger partial charge on any atom is -0.00463 e. The third kappa shape index (κ3) is 3.68. The van der Waals surface area contributed by atoms with Gasteiger partial charge >= 0.3 is 0 Å². The molecule has 78 valence electrons. The third-order valence-electron chi connectivity index (χ3n) is 3.56. The van der Waals surface area contributed by atoms with Crippen LogP contribution < -0.4 is 5.32 Å². The van der Waals surface area contributed by atoms with Gasteiger partial charge in [0.05, 0.1) is 0 Å². The molecule has 1 heterocycles. The molecule has 0 aromatic carbocycles. The van der Waals surface area contributed by atoms with E-state index in [2.05, 4.69) is 26.1 Å². The van der Waals surface area contributed by atoms with Crippen LogP contribution in [0.2, 0.25) is 0 Å². The lowest BCUT2D eigenvalue weighted by Gasteiger charge is -2.28. The topological polar surface area (TPSA) is 12.0 Å². The van der Waals surface area contributed by atoms with Crippen LogP contribution in [-0.4, -0.2) is 13.1 Å². The fourth-order valence-corrected chi connectivity index (χ4v) is 2.46. The molecule has 0 amide bonds. The number of hydrogen-bond acceptors (Lipinski definition) is 1. The summed E-state index contributed by atoms with van der Waals surface area (Å²) in [6, 6.07) is 0. The predicted octanol–water partition coefficient (Wildman–Crippen LogP) is 3.06. The van der Waals surface area contributed by atoms with Crippen molar-refractivity contribution in [2.24, 2.45) is 17.8 Å². The minimum absolute atomic E-state index is 0.875. The normalized spacial score (nSPS) is 22.2. The minimum atomic E-state index is 0.875. The van der Waals surface area contributed by atoms with Gasteiger partial charge in [-0.3, -0.25) is 0 Å². The van der Waals surface area contributed by atoms with E-state index in [0.717, 1.165) is 17.8 Å². The van der Waals surface area contributed by atoms with Gasteiger partial charge in [0.15, 0.2) is 0 Å². The van der Waals surface area contributed by atoms with Gasteiger partial charge < -0.3 is 5.32 Å². The first-order chi connectivity index (χ1) is 6.24. The molecule has 0 aromatic rings. The quantitative estimate of drug-likeness (QED) is 0.706. The van der Waals surface area contributed by atoms with E-state index in [1.807, 2.05) is 0 Å². The molecule has 1 aliphatic heterocycles. The van der Waals surface area contributed by atoms with Gasteiger partial charge in [-0.1, -0.05) is 27.2 Å². The van der Waals surface area contributed by atoms with Crippen molar-refractivity contribution < 1.29 is 0 Å². The van der Waals surface area contributed by atoms with Gasteiger partial charge in [0.1, 0.15) is 0 Å². The molecule has 1 N–H and O–H groups in total. The third-order valence-corrected chi connectivity index (χ3v) is 3.56. The van der Waals surface area contributed by atoms with Crippen LogP contribution in [0.15, 0.2) is 0 Å². The fraction of sp³-hybridized carbons (Fsp3) is 1.00. The molecule has 1 aliphatic rings. The van der Waals surface area contributed by atoms with Crippen molar-refractivity contribution in [1.82, 2.24) is 5.32 Å². The molecule has 13 heavy (non-hydrogen) atoms. The van der Waals surface area contributed by atoms with Crippen LogP contribution in [0.1, 0.15) is 46.5 Å². The zero-order valence-electron chi connectivity index (χ0n) is 9.47. The molecule has 1 saturated heterocycles. The summed E-state index contributed by atoms with van der Waals surface area (Å²) in [6.45, 7) is 9.58. The number of rotatable bonds is 4. The van der Waals surface area contributed by atoms with E-state index in [9.17, 15) is 0 Å². The first-order valence-corrected chi connectivity index (χ1v) is 5.94. The van der Waals surface area contributed by atoms with Crippen molar-refractivity contribution in [2.45, 2.75) is 46.5 Å². The lowest BCUT2D eigenvalue weighted by Crippen LogP contribution is -2.29. The summed E-state index contributed by atoms with van der Waals surface area (Å²) in [5, 5.41) is 3.44. The van der Waals surface area contributed by atoms with Crippen LogP contribution in [0.5, 0.6) is 0 Å². The number of hydrogen-bond donors (Lipinski definition) is 1. The highest BCUT2D eigenvalue weighted by Crippen LogP contribution is 2.27. The van der Waals surface area contributed by atoms with Crippen molar-refractivity contribution in [3.8, 4) is 0 Å². The molecule has 0 aliphatic carbocycles. The monoisotopic (exact) mass is 183 g/mol. The van der Waals surface area contributed by atoms with Crippen molar-refractivity contribution >= 4 is 0 Å². The van der Waals surface area contributed by atoms with E-state index in [0.29, 0.717) is 0 Å². The average Bonchev–Trinajstić information content (AvgIpc) is 2.15. The van der Waals surface area contributed by atoms with Gasteiger partial charge in [-0.2, -0.15) is 0 Å². The molecule has 1 nitrogen and oxygen atoms in total. The predicted molar refractivity (Wildman–Crippen MR) is 58.8 cm³/mol. The van der Waals surface area contributed by atoms with Gasteiger partial charge in [-0.15, -0.1) is 0 Å². The molecule has 0 spiro atoms. The van der Waals surface area contributed by atoms with Gasteiger partial charge in [-0.05, 0) is 50.1 Å². The van der Waals surface area contributed by atoms with Crippen molar-refractivity contribution in [2.75, 3.05) is 13.1 Å². The van der Waals surface area contributed by atoms with Crippen LogP contribution in [0.4, 0.5) is 0 Å². The summed E-state index contributed by atoms with van der Waals surface area (Å²) in [7, 11) is 0. The Kier molecular flexibility index (Phi) is 4.79. The SMILES string of the molecule is CCC(CC1CCNCC1)C(C)C. The Labute approximate surface area is 83.3 Å². The highest BCUT2D eigenvalue weighted by Gasteiger charge is 2.19. The first kappa shape index (κ1) is 11.0. The Morgan fingerprint density at radius 3 is 2.31 bits per heavy atom. The second-order valence-electron chi connectivity index (χ2n) is 4.84. The van der Waals surface area contributed by atoms with E-state index in [-0.39, 0.29) is 0 Å². The smallest absolute Gasteiger partial charge is 0.00463 e. The summed E-state index contributed by atoms with van der Waals surface area (Å²) in [5.74, 6) is 2.84. The Bertz CT molecular complexity index is 125. The Morgan fingerprint density at radius 1 is 1.23 bits per heavy atom. The zero-order valence-corrected chi connectivity index (χ0v) is 9.47. The Hall–Kier alpha value is -0.0400. The molecule has 1 rings (SSSR count). The summed E-state index contributed by atoms with van der Waals surface area (Å²) < 4.78 is 0. The summed E-state index contributed by atoms with van der Waals surface area (Å²) in [6.07, 6.45) is 5.64. The second kappa shape index (κ2) is 5.64. The van der Waals surface area contributed by atoms with Gasteiger partial charge in [-0.25, -0.2) is 0 Å². The van der Waals surface area contributed by atoms with Crippen molar-refractivity contribution in [3.63, 3.8) is 0 Å². The van der Waals surface area contributed by atoms with Crippen LogP contribution in [0.25, 0.3) is 0 Å². The molecule has 1 unspecified atom stereocenters. The molecule has 1 heteroatoms. The Morgan fingerprint density at radius 2 is 1.85 bits per heavy atom. The standard InChI is InChI=1S/C12H25N/c1-4-12(10(2)3)9-11-5-7-13-8-6-11/h10-13H,4-9H2,1-3H3. The molecular formula is C12H25N. The van der Waals surface area contributed by atoms with Gasteiger partial charge in [0.2, 0.25) is 0 Å². The molecule has 0 radical (unpaired) electrons. The highest BCUT2D eigenvalue weighted by molar-refractivity contribution is 4.73. The molecule has 1 atom stereocenters. The first-order valence-electron chi connectivity index (χ1n) is 5.94. The summed E-state index contributed by atoms with van der Waals surface area (Å²) in [5.41, 5.74) is 0. The summed E-state index contributed by atoms with van der Waals surface area (Å²) in [4.78, 5) is 0. The van der Waals surface area contributed by atoms with Crippen molar-refractivity contribution in [1.29, 1.82) is 0 Å². The van der Waals surface area contributed by atoms with E-state index in [1.54, 1.807) is 0 Å². The van der Waals surface area contributed by atoms with Gasteiger partial charge in [0, 0.05) is 0 Å². The summed E-state index contributed by atoms with van der Waals surface area (Å²) >= 11 is 0. The second-order valence-corrected chi connectivity index (χ2v) is 4.84. The lowest BCUT2D eigenvalue weighted by atomic mass is 9.81. The molecular weight excluding hydrogens is 158 g/mol. The average molecular weight is 183 g/mol. The van der Waals surface area contributed by atoms with Crippen LogP contribution in [0.3, 0.4) is 0 Å². The number of nitrogens with one attached hydrogen (secondary N) is 1. The zero-order chi connectivity index (χ0) is 9.68. The van der Waals surface area contributed by atoms with Crippen molar-refractivity contribution in [3.05, 3.63) is 0 Å². The number of piperidine rings is 1. The van der Waals surface area contributed by atoms with E-state index in [4.69, 9.17) is 0 Å². The largest absolute Gasteiger partial charge is 0.317 e. The van der Waals surface area contributed by atoms with Crippen LogP contribution in [0, 0.1) is 17.8 Å². The molecule has 0 aromatic heterocycles. The Balaban J connectivity index is 2.27. The molecule has 0 bridgehead atoms. The highest BCUT2D eigenvalue weighted by atomic mass is 14.9. The molecule has 1 fully saturated rings. The van der Waals surface area contributed by atoms with Crippen LogP contribution in [-0.2, 0) is 0 Å². The minimum Gasteiger partial charge on any atom is -0.317 e. The maximum absolute atomic E-state index is 3.44. The van der Waals surface area contributed by atoms with Gasteiger partial charge in [0.25, 0.3) is 0 Å². The fourth-order valence-electron chi connectivity index (χ4n) is 2.46. The van der Waals surface area contributed by atoms with E-state index in [1.165, 1.54) is 38.8 Å². The maximum atomic E-state index is 3.44. The van der Waals surface area contributed by atoms with Crippen LogP contribution >= 0.6 is 0 Å².